The van der Waals surface area contributed by atoms with Crippen molar-refractivity contribution in [2.75, 3.05) is 0 Å². The normalized spacial score (nSPS) is 12.9. The highest BCUT2D eigenvalue weighted by molar-refractivity contribution is 5.75. The number of ketones is 1. The Balaban J connectivity index is 3.73. The Morgan fingerprint density at radius 1 is 1.21 bits per heavy atom. The number of carboxylic acid groups (broad SMARTS) is 1. The van der Waals surface area contributed by atoms with Gasteiger partial charge in [0.1, 0.15) is 5.78 Å². The van der Waals surface area contributed by atoms with E-state index in [0.717, 1.165) is 12.8 Å². The van der Waals surface area contributed by atoms with Crippen LogP contribution in [-0.4, -0.2) is 16.9 Å². The Morgan fingerprint density at radius 3 is 2.14 bits per heavy atom. The predicted octanol–water partition coefficient (Wildman–Crippen LogP) is 2.49. The highest BCUT2D eigenvalue weighted by Crippen LogP contribution is 2.18. The fraction of sp³-hybridized carbons (Fsp3) is 0.818. The fourth-order valence-electron chi connectivity index (χ4n) is 1.48. The summed E-state index contributed by atoms with van der Waals surface area (Å²) in [6.07, 6.45) is 2.89. The summed E-state index contributed by atoms with van der Waals surface area (Å²) < 4.78 is 0. The van der Waals surface area contributed by atoms with E-state index in [-0.39, 0.29) is 17.6 Å². The van der Waals surface area contributed by atoms with Gasteiger partial charge in [-0.2, -0.15) is 0 Å². The van der Waals surface area contributed by atoms with Crippen molar-refractivity contribution in [3.8, 4) is 0 Å². The van der Waals surface area contributed by atoms with Crippen molar-refractivity contribution in [2.24, 2.45) is 11.8 Å². The molecule has 0 rings (SSSR count). The van der Waals surface area contributed by atoms with Crippen molar-refractivity contribution in [3.63, 3.8) is 0 Å². The number of hydrogen-bond donors (Lipinski definition) is 1. The molecular formula is C11H20O3. The molecule has 0 amide bonds. The Morgan fingerprint density at radius 2 is 1.79 bits per heavy atom. The molecule has 0 radical (unpaired) electrons. The molecule has 0 aliphatic heterocycles. The molecule has 0 aromatic heterocycles. The Bertz CT molecular complexity index is 197. The first kappa shape index (κ1) is 13.1. The van der Waals surface area contributed by atoms with Gasteiger partial charge in [0.25, 0.3) is 0 Å². The van der Waals surface area contributed by atoms with Gasteiger partial charge in [-0.25, -0.2) is 0 Å². The Kier molecular flexibility index (Phi) is 6.17. The van der Waals surface area contributed by atoms with Crippen molar-refractivity contribution in [1.82, 2.24) is 0 Å². The fourth-order valence-corrected chi connectivity index (χ4v) is 1.48. The standard InChI is InChI=1S/C11H20O3/c1-8(2)10(11(13)14)7-5-4-6-9(3)12/h8,10H,4-7H2,1-3H3,(H,13,14)/t10-/m0/s1. The first-order valence-electron chi connectivity index (χ1n) is 5.17. The minimum atomic E-state index is -0.720. The van der Waals surface area contributed by atoms with E-state index in [4.69, 9.17) is 5.11 Å². The van der Waals surface area contributed by atoms with Gasteiger partial charge in [0, 0.05) is 6.42 Å². The summed E-state index contributed by atoms with van der Waals surface area (Å²) in [5.74, 6) is -0.629. The Hall–Kier alpha value is -0.860. The summed E-state index contributed by atoms with van der Waals surface area (Å²) in [5.41, 5.74) is 0. The lowest BCUT2D eigenvalue weighted by atomic mass is 9.90. The zero-order valence-electron chi connectivity index (χ0n) is 9.25. The van der Waals surface area contributed by atoms with Gasteiger partial charge in [-0.1, -0.05) is 20.3 Å². The average Bonchev–Trinajstić information content (AvgIpc) is 2.01. The lowest BCUT2D eigenvalue weighted by Crippen LogP contribution is -2.19. The number of unbranched alkanes of at least 4 members (excludes halogenated alkanes) is 1. The lowest BCUT2D eigenvalue weighted by molar-refractivity contribution is -0.143. The van der Waals surface area contributed by atoms with Gasteiger partial charge in [0.2, 0.25) is 0 Å². The van der Waals surface area contributed by atoms with E-state index in [1.807, 2.05) is 13.8 Å². The molecule has 0 aromatic carbocycles. The molecule has 82 valence electrons. The van der Waals surface area contributed by atoms with Crippen molar-refractivity contribution < 1.29 is 14.7 Å². The lowest BCUT2D eigenvalue weighted by Gasteiger charge is -2.15. The van der Waals surface area contributed by atoms with Crippen LogP contribution in [0.15, 0.2) is 0 Å². The summed E-state index contributed by atoms with van der Waals surface area (Å²) in [7, 11) is 0. The molecule has 0 fully saturated rings. The third-order valence-electron chi connectivity index (χ3n) is 2.42. The van der Waals surface area contributed by atoms with E-state index in [9.17, 15) is 9.59 Å². The van der Waals surface area contributed by atoms with E-state index in [2.05, 4.69) is 0 Å². The van der Waals surface area contributed by atoms with Gasteiger partial charge in [-0.3, -0.25) is 4.79 Å². The average molecular weight is 200 g/mol. The SMILES string of the molecule is CC(=O)CCCC[C@H](C(=O)O)C(C)C. The molecule has 14 heavy (non-hydrogen) atoms. The van der Waals surface area contributed by atoms with E-state index >= 15 is 0 Å². The number of Topliss-reactive ketones (excluding diaryl/α,β-unsaturated/α-hetero) is 1. The van der Waals surface area contributed by atoms with Crippen LogP contribution in [0.25, 0.3) is 0 Å². The Labute approximate surface area is 85.5 Å². The monoisotopic (exact) mass is 200 g/mol. The smallest absolute Gasteiger partial charge is 0.306 e. The van der Waals surface area contributed by atoms with Crippen molar-refractivity contribution >= 4 is 11.8 Å². The maximum absolute atomic E-state index is 10.8. The predicted molar refractivity (Wildman–Crippen MR) is 55.1 cm³/mol. The third-order valence-corrected chi connectivity index (χ3v) is 2.42. The first-order valence-corrected chi connectivity index (χ1v) is 5.17. The largest absolute Gasteiger partial charge is 0.481 e. The molecule has 0 spiro atoms. The second kappa shape index (κ2) is 6.57. The van der Waals surface area contributed by atoms with Gasteiger partial charge >= 0.3 is 5.97 Å². The number of carboxylic acids is 1. The van der Waals surface area contributed by atoms with E-state index < -0.39 is 5.97 Å². The van der Waals surface area contributed by atoms with Crippen LogP contribution in [0, 0.1) is 11.8 Å². The molecule has 1 atom stereocenters. The summed E-state index contributed by atoms with van der Waals surface area (Å²) in [4.78, 5) is 21.4. The molecule has 3 nitrogen and oxygen atoms in total. The summed E-state index contributed by atoms with van der Waals surface area (Å²) in [6, 6.07) is 0. The second-order valence-corrected chi connectivity index (χ2v) is 4.14. The number of aliphatic carboxylic acids is 1. The zero-order valence-corrected chi connectivity index (χ0v) is 9.25. The summed E-state index contributed by atoms with van der Waals surface area (Å²) in [6.45, 7) is 5.41. The third kappa shape index (κ3) is 5.73. The number of rotatable bonds is 7. The number of carbonyl (C=O) groups is 2. The molecule has 0 heterocycles. The van der Waals surface area contributed by atoms with Crippen LogP contribution in [0.5, 0.6) is 0 Å². The van der Waals surface area contributed by atoms with Gasteiger partial charge in [-0.05, 0) is 25.7 Å². The van der Waals surface area contributed by atoms with Crippen molar-refractivity contribution in [1.29, 1.82) is 0 Å². The molecule has 3 heteroatoms. The molecule has 0 saturated carbocycles. The molecule has 1 N–H and O–H groups in total. The van der Waals surface area contributed by atoms with Crippen LogP contribution in [0.1, 0.15) is 46.5 Å². The molecule has 0 aliphatic rings. The topological polar surface area (TPSA) is 54.4 Å². The van der Waals surface area contributed by atoms with E-state index in [0.29, 0.717) is 12.8 Å². The summed E-state index contributed by atoms with van der Waals surface area (Å²) >= 11 is 0. The zero-order chi connectivity index (χ0) is 11.1. The molecular weight excluding hydrogens is 180 g/mol. The van der Waals surface area contributed by atoms with Gasteiger partial charge in [0.15, 0.2) is 0 Å². The first-order chi connectivity index (χ1) is 6.45. The van der Waals surface area contributed by atoms with E-state index in [1.54, 1.807) is 6.92 Å². The maximum Gasteiger partial charge on any atom is 0.306 e. The van der Waals surface area contributed by atoms with Gasteiger partial charge < -0.3 is 9.90 Å². The van der Waals surface area contributed by atoms with Crippen LogP contribution in [0.2, 0.25) is 0 Å². The quantitative estimate of drug-likeness (QED) is 0.642. The molecule has 0 aliphatic carbocycles. The van der Waals surface area contributed by atoms with Crippen molar-refractivity contribution in [2.45, 2.75) is 46.5 Å². The van der Waals surface area contributed by atoms with Gasteiger partial charge in [-0.15, -0.1) is 0 Å². The van der Waals surface area contributed by atoms with Crippen LogP contribution < -0.4 is 0 Å². The molecule has 0 unspecified atom stereocenters. The van der Waals surface area contributed by atoms with Crippen LogP contribution in [0.3, 0.4) is 0 Å². The molecule has 0 bridgehead atoms. The maximum atomic E-state index is 10.8. The minimum Gasteiger partial charge on any atom is -0.481 e. The summed E-state index contributed by atoms with van der Waals surface area (Å²) in [5, 5.41) is 8.89. The second-order valence-electron chi connectivity index (χ2n) is 4.14. The molecule has 0 aromatic rings. The molecule has 0 saturated heterocycles. The number of carbonyl (C=O) groups excluding carboxylic acids is 1. The van der Waals surface area contributed by atoms with Gasteiger partial charge in [0.05, 0.1) is 5.92 Å². The van der Waals surface area contributed by atoms with E-state index in [1.165, 1.54) is 0 Å². The van der Waals surface area contributed by atoms with Crippen LogP contribution in [0.4, 0.5) is 0 Å². The minimum absolute atomic E-state index is 0.171. The van der Waals surface area contributed by atoms with Crippen LogP contribution >= 0.6 is 0 Å². The van der Waals surface area contributed by atoms with Crippen LogP contribution in [-0.2, 0) is 9.59 Å². The highest BCUT2D eigenvalue weighted by Gasteiger charge is 2.20. The highest BCUT2D eigenvalue weighted by atomic mass is 16.4. The number of hydrogen-bond acceptors (Lipinski definition) is 2. The van der Waals surface area contributed by atoms with Crippen molar-refractivity contribution in [3.05, 3.63) is 0 Å².